The van der Waals surface area contributed by atoms with Gasteiger partial charge < -0.3 is 15.4 Å². The number of non-ortho nitro benzene ring substituents is 1. The summed E-state index contributed by atoms with van der Waals surface area (Å²) < 4.78 is 48.7. The predicted molar refractivity (Wildman–Crippen MR) is 147 cm³/mol. The third-order valence-corrected chi connectivity index (χ3v) is 8.41. The van der Waals surface area contributed by atoms with Gasteiger partial charge in [0.25, 0.3) is 11.6 Å². The van der Waals surface area contributed by atoms with Crippen LogP contribution in [-0.2, 0) is 12.8 Å². The Kier molecular flexibility index (Phi) is 6.86. The number of anilines is 2. The second kappa shape index (κ2) is 10.4. The lowest BCUT2D eigenvalue weighted by Gasteiger charge is -2.32. The summed E-state index contributed by atoms with van der Waals surface area (Å²) >= 11 is 7.71. The highest BCUT2D eigenvalue weighted by molar-refractivity contribution is 7.10. The van der Waals surface area contributed by atoms with Gasteiger partial charge in [-0.1, -0.05) is 23.7 Å². The number of hydrogen-bond donors (Lipinski definition) is 2. The third-order valence-electron chi connectivity index (χ3n) is 7.06. The van der Waals surface area contributed by atoms with Gasteiger partial charge in [-0.05, 0) is 54.0 Å². The topological polar surface area (TPSA) is 111 Å². The van der Waals surface area contributed by atoms with Crippen molar-refractivity contribution in [3.63, 3.8) is 0 Å². The van der Waals surface area contributed by atoms with Crippen molar-refractivity contribution in [3.05, 3.63) is 90.7 Å². The minimum atomic E-state index is -4.65. The van der Waals surface area contributed by atoms with Crippen LogP contribution in [0.15, 0.2) is 53.9 Å². The quantitative estimate of drug-likeness (QED) is 0.173. The van der Waals surface area contributed by atoms with Crippen molar-refractivity contribution < 1.29 is 27.6 Å². The summed E-state index contributed by atoms with van der Waals surface area (Å²) in [4.78, 5) is 24.8. The summed E-state index contributed by atoms with van der Waals surface area (Å²) in [5.74, 6) is -0.488. The summed E-state index contributed by atoms with van der Waals surface area (Å²) in [6.45, 7) is 0. The number of ether oxygens (including phenoxy) is 1. The Bertz CT molecular complexity index is 1660. The molecule has 2 aliphatic rings. The molecule has 9 nitrogen and oxygen atoms in total. The molecule has 2 aromatic carbocycles. The molecule has 3 heterocycles. The van der Waals surface area contributed by atoms with E-state index in [0.717, 1.165) is 30.9 Å². The first-order chi connectivity index (χ1) is 19.6. The molecule has 0 spiro atoms. The van der Waals surface area contributed by atoms with Crippen LogP contribution >= 0.6 is 22.9 Å². The van der Waals surface area contributed by atoms with Crippen LogP contribution in [-0.4, -0.2) is 26.8 Å². The van der Waals surface area contributed by atoms with Crippen LogP contribution in [0.1, 0.15) is 51.4 Å². The highest BCUT2D eigenvalue weighted by Gasteiger charge is 2.48. The highest BCUT2D eigenvalue weighted by Crippen LogP contribution is 2.47. The molecule has 41 heavy (non-hydrogen) atoms. The number of benzene rings is 2. The molecule has 1 aliphatic heterocycles. The summed E-state index contributed by atoms with van der Waals surface area (Å²) in [6, 6.07) is 10.1. The van der Waals surface area contributed by atoms with E-state index < -0.39 is 34.8 Å². The lowest BCUT2D eigenvalue weighted by Crippen LogP contribution is -2.35. The maximum Gasteiger partial charge on any atom is 0.410 e. The Morgan fingerprint density at radius 3 is 2.71 bits per heavy atom. The van der Waals surface area contributed by atoms with Gasteiger partial charge in [-0.25, -0.2) is 4.68 Å². The maximum atomic E-state index is 14.0. The van der Waals surface area contributed by atoms with Crippen molar-refractivity contribution in [1.29, 1.82) is 0 Å². The second-order valence-electron chi connectivity index (χ2n) is 9.77. The first kappa shape index (κ1) is 27.1. The van der Waals surface area contributed by atoms with E-state index in [4.69, 9.17) is 16.3 Å². The van der Waals surface area contributed by atoms with Gasteiger partial charge in [0.1, 0.15) is 22.3 Å². The Balaban J connectivity index is 1.29. The van der Waals surface area contributed by atoms with E-state index in [9.17, 15) is 28.1 Å². The molecule has 0 fully saturated rings. The molecular weight excluding hydrogens is 583 g/mol. The molecule has 0 radical (unpaired) electrons. The predicted octanol–water partition coefficient (Wildman–Crippen LogP) is 7.70. The van der Waals surface area contributed by atoms with Crippen LogP contribution in [0.2, 0.25) is 5.02 Å². The fourth-order valence-electron chi connectivity index (χ4n) is 5.17. The number of carbonyl (C=O) groups is 1. The minimum Gasteiger partial charge on any atom is -0.457 e. The standard InChI is InChI=1S/C27H21ClF3N5O4S/c28-23-24(34-35-22(27(29,30)31)13-20(33-25(23)35)21-5-2-8-41-21)26(37)32-16-10-17(36(38)39)12-19(11-16)40-18-7-6-14-3-1-4-15(14)9-18/h2,5-12,20,22,33H,1,3-4,13H2,(H,32,37)/t20-,22+/m1/s1. The van der Waals surface area contributed by atoms with Gasteiger partial charge in [0.2, 0.25) is 0 Å². The van der Waals surface area contributed by atoms with Gasteiger partial charge in [-0.15, -0.1) is 11.3 Å². The third kappa shape index (κ3) is 5.34. The van der Waals surface area contributed by atoms with E-state index in [2.05, 4.69) is 15.7 Å². The molecule has 4 aromatic rings. The van der Waals surface area contributed by atoms with Gasteiger partial charge in [-0.3, -0.25) is 14.9 Å². The van der Waals surface area contributed by atoms with Crippen LogP contribution in [0.25, 0.3) is 0 Å². The van der Waals surface area contributed by atoms with Crippen molar-refractivity contribution >= 4 is 46.0 Å². The number of hydrogen-bond acceptors (Lipinski definition) is 7. The second-order valence-corrected chi connectivity index (χ2v) is 11.1. The van der Waals surface area contributed by atoms with Gasteiger partial charge in [0, 0.05) is 23.4 Å². The first-order valence-electron chi connectivity index (χ1n) is 12.6. The number of nitro groups is 1. The number of carbonyl (C=O) groups excluding carboxylic acids is 1. The lowest BCUT2D eigenvalue weighted by atomic mass is 10.0. The maximum absolute atomic E-state index is 14.0. The van der Waals surface area contributed by atoms with Crippen LogP contribution in [0.4, 0.5) is 30.4 Å². The molecule has 1 aliphatic carbocycles. The molecule has 6 rings (SSSR count). The molecule has 14 heteroatoms. The summed E-state index contributed by atoms with van der Waals surface area (Å²) in [7, 11) is 0. The zero-order chi connectivity index (χ0) is 28.9. The number of amides is 1. The summed E-state index contributed by atoms with van der Waals surface area (Å²) in [5.41, 5.74) is 1.55. The summed E-state index contributed by atoms with van der Waals surface area (Å²) in [5, 5.41) is 22.4. The number of nitrogens with one attached hydrogen (secondary N) is 2. The Hall–Kier alpha value is -4.10. The van der Waals surface area contributed by atoms with E-state index in [1.807, 2.05) is 12.1 Å². The normalized spacial score (nSPS) is 17.9. The highest BCUT2D eigenvalue weighted by atomic mass is 35.5. The smallest absolute Gasteiger partial charge is 0.410 e. The Labute approximate surface area is 240 Å². The number of aryl methyl sites for hydroxylation is 2. The number of halogens is 4. The largest absolute Gasteiger partial charge is 0.457 e. The van der Waals surface area contributed by atoms with E-state index in [1.54, 1.807) is 23.6 Å². The van der Waals surface area contributed by atoms with E-state index in [1.165, 1.54) is 29.0 Å². The summed E-state index contributed by atoms with van der Waals surface area (Å²) in [6.07, 6.45) is -2.06. The van der Waals surface area contributed by atoms with Gasteiger partial charge >= 0.3 is 6.18 Å². The van der Waals surface area contributed by atoms with Gasteiger partial charge in [0.15, 0.2) is 11.7 Å². The number of thiophene rings is 1. The van der Waals surface area contributed by atoms with Crippen LogP contribution < -0.4 is 15.4 Å². The van der Waals surface area contributed by atoms with Crippen LogP contribution in [0, 0.1) is 10.1 Å². The van der Waals surface area contributed by atoms with Crippen molar-refractivity contribution in [2.45, 2.75) is 43.9 Å². The molecule has 0 saturated carbocycles. The Morgan fingerprint density at radius 1 is 1.17 bits per heavy atom. The van der Waals surface area contributed by atoms with Crippen molar-refractivity contribution in [2.24, 2.45) is 0 Å². The van der Waals surface area contributed by atoms with E-state index in [-0.39, 0.29) is 34.4 Å². The Morgan fingerprint density at radius 2 is 1.98 bits per heavy atom. The number of nitrogens with zero attached hydrogens (tertiary/aromatic N) is 3. The van der Waals surface area contributed by atoms with Crippen molar-refractivity contribution in [2.75, 3.05) is 10.6 Å². The molecule has 212 valence electrons. The fraction of sp³-hybridized carbons (Fsp3) is 0.259. The molecule has 2 N–H and O–H groups in total. The van der Waals surface area contributed by atoms with Crippen LogP contribution in [0.3, 0.4) is 0 Å². The number of fused-ring (bicyclic) bond motifs is 2. The van der Waals surface area contributed by atoms with E-state index >= 15 is 0 Å². The monoisotopic (exact) mass is 603 g/mol. The zero-order valence-corrected chi connectivity index (χ0v) is 22.6. The zero-order valence-electron chi connectivity index (χ0n) is 21.1. The van der Waals surface area contributed by atoms with Crippen molar-refractivity contribution in [3.8, 4) is 11.5 Å². The molecule has 0 saturated heterocycles. The number of rotatable bonds is 6. The molecular formula is C27H21ClF3N5O4S. The van der Waals surface area contributed by atoms with E-state index in [0.29, 0.717) is 15.3 Å². The number of alkyl halides is 3. The first-order valence-corrected chi connectivity index (χ1v) is 13.9. The molecule has 1 amide bonds. The average Bonchev–Trinajstić information content (AvgIpc) is 3.68. The fourth-order valence-corrected chi connectivity index (χ4v) is 6.22. The minimum absolute atomic E-state index is 0.0146. The SMILES string of the molecule is O=C(Nc1cc(Oc2ccc3c(c2)CCC3)cc([N+](=O)[O-])c1)c1nn2c(c1Cl)N[C@@H](c1cccs1)C[C@H]2C(F)(F)F. The molecule has 2 aromatic heterocycles. The lowest BCUT2D eigenvalue weighted by molar-refractivity contribution is -0.384. The molecule has 2 atom stereocenters. The molecule has 0 unspecified atom stereocenters. The molecule has 0 bridgehead atoms. The van der Waals surface area contributed by atoms with Crippen LogP contribution in [0.5, 0.6) is 11.5 Å². The number of aromatic nitrogens is 2. The average molecular weight is 604 g/mol. The number of nitro benzene ring substituents is 1. The van der Waals surface area contributed by atoms with Gasteiger partial charge in [-0.2, -0.15) is 18.3 Å². The van der Waals surface area contributed by atoms with Crippen molar-refractivity contribution in [1.82, 2.24) is 9.78 Å². The van der Waals surface area contributed by atoms with Gasteiger partial charge in [0.05, 0.1) is 22.7 Å².